The number of ether oxygens (including phenoxy) is 5. The zero-order chi connectivity index (χ0) is 20.1. The molecule has 28 heavy (non-hydrogen) atoms. The monoisotopic (exact) mass is 384 g/mol. The van der Waals surface area contributed by atoms with E-state index in [1.165, 1.54) is 7.11 Å². The van der Waals surface area contributed by atoms with Gasteiger partial charge >= 0.3 is 5.97 Å². The smallest absolute Gasteiger partial charge is 0.344 e. The summed E-state index contributed by atoms with van der Waals surface area (Å²) in [5.41, 5.74) is 1.16. The molecule has 1 aliphatic rings. The first-order chi connectivity index (χ1) is 13.5. The van der Waals surface area contributed by atoms with Crippen molar-refractivity contribution in [2.75, 3.05) is 27.4 Å². The summed E-state index contributed by atoms with van der Waals surface area (Å²) in [6, 6.07) is 10.1. The standard InChI is InChI=1S/C21H20O7/c1-4-26-20(22)12-27-16-8-5-13(9-18(16)25-3)10-19-21(23)15-7-6-14(24-2)11-17(15)28-19/h5-11H,4,12H2,1-3H3/b19-10-. The van der Waals surface area contributed by atoms with Crippen molar-refractivity contribution in [2.24, 2.45) is 0 Å². The fourth-order valence-electron chi connectivity index (χ4n) is 2.68. The molecule has 0 N–H and O–H groups in total. The van der Waals surface area contributed by atoms with Crippen LogP contribution in [0.15, 0.2) is 42.2 Å². The van der Waals surface area contributed by atoms with Gasteiger partial charge in [0.1, 0.15) is 11.5 Å². The van der Waals surface area contributed by atoms with Crippen molar-refractivity contribution in [2.45, 2.75) is 6.92 Å². The van der Waals surface area contributed by atoms with Crippen LogP contribution in [-0.4, -0.2) is 39.2 Å². The first-order valence-electron chi connectivity index (χ1n) is 8.64. The van der Waals surface area contributed by atoms with Gasteiger partial charge < -0.3 is 23.7 Å². The quantitative estimate of drug-likeness (QED) is 0.535. The van der Waals surface area contributed by atoms with Crippen molar-refractivity contribution < 1.29 is 33.3 Å². The second-order valence-electron chi connectivity index (χ2n) is 5.81. The number of esters is 1. The summed E-state index contributed by atoms with van der Waals surface area (Å²) in [7, 11) is 3.04. The maximum atomic E-state index is 12.5. The molecule has 0 aromatic heterocycles. The summed E-state index contributed by atoms with van der Waals surface area (Å²) < 4.78 is 26.4. The fraction of sp³-hybridized carbons (Fsp3) is 0.238. The third-order valence-corrected chi connectivity index (χ3v) is 4.01. The molecular weight excluding hydrogens is 364 g/mol. The van der Waals surface area contributed by atoms with Crippen molar-refractivity contribution in [3.8, 4) is 23.0 Å². The predicted octanol–water partition coefficient (Wildman–Crippen LogP) is 3.26. The number of benzene rings is 2. The fourth-order valence-corrected chi connectivity index (χ4v) is 2.68. The van der Waals surface area contributed by atoms with E-state index in [1.54, 1.807) is 56.5 Å². The Kier molecular flexibility index (Phi) is 5.84. The Bertz CT molecular complexity index is 930. The van der Waals surface area contributed by atoms with Gasteiger partial charge in [-0.1, -0.05) is 6.07 Å². The molecule has 7 nitrogen and oxygen atoms in total. The molecule has 0 radical (unpaired) electrons. The lowest BCUT2D eigenvalue weighted by Gasteiger charge is -2.11. The molecule has 0 aliphatic carbocycles. The summed E-state index contributed by atoms with van der Waals surface area (Å²) in [4.78, 5) is 24.0. The van der Waals surface area contributed by atoms with Crippen LogP contribution < -0.4 is 18.9 Å². The molecule has 0 fully saturated rings. The second kappa shape index (κ2) is 8.47. The first kappa shape index (κ1) is 19.3. The largest absolute Gasteiger partial charge is 0.497 e. The number of hydrogen-bond donors (Lipinski definition) is 0. The van der Waals surface area contributed by atoms with Crippen LogP contribution in [0.2, 0.25) is 0 Å². The van der Waals surface area contributed by atoms with Crippen molar-refractivity contribution in [3.63, 3.8) is 0 Å². The highest BCUT2D eigenvalue weighted by Gasteiger charge is 2.27. The summed E-state index contributed by atoms with van der Waals surface area (Å²) in [6.45, 7) is 1.79. The van der Waals surface area contributed by atoms with Crippen LogP contribution in [0.4, 0.5) is 0 Å². The molecule has 0 bridgehead atoms. The predicted molar refractivity (Wildman–Crippen MR) is 101 cm³/mol. The minimum atomic E-state index is -0.464. The maximum Gasteiger partial charge on any atom is 0.344 e. The Labute approximate surface area is 162 Å². The summed E-state index contributed by atoms with van der Waals surface area (Å²) in [6.07, 6.45) is 1.62. The Morgan fingerprint density at radius 1 is 1.07 bits per heavy atom. The van der Waals surface area contributed by atoms with Crippen molar-refractivity contribution in [1.29, 1.82) is 0 Å². The van der Waals surface area contributed by atoms with Crippen LogP contribution in [0.5, 0.6) is 23.0 Å². The topological polar surface area (TPSA) is 80.3 Å². The minimum Gasteiger partial charge on any atom is -0.497 e. The van der Waals surface area contributed by atoms with Crippen molar-refractivity contribution >= 4 is 17.8 Å². The van der Waals surface area contributed by atoms with E-state index < -0.39 is 5.97 Å². The molecule has 1 heterocycles. The molecule has 0 atom stereocenters. The number of ketones is 1. The van der Waals surface area contributed by atoms with Gasteiger partial charge in [-0.25, -0.2) is 4.79 Å². The summed E-state index contributed by atoms with van der Waals surface area (Å²) in [5, 5.41) is 0. The number of methoxy groups -OCH3 is 2. The molecule has 0 saturated carbocycles. The summed E-state index contributed by atoms with van der Waals surface area (Å²) >= 11 is 0. The highest BCUT2D eigenvalue weighted by atomic mass is 16.6. The molecule has 0 unspecified atom stereocenters. The summed E-state index contributed by atoms with van der Waals surface area (Å²) in [5.74, 6) is 1.40. The van der Waals surface area contributed by atoms with Crippen LogP contribution in [0.3, 0.4) is 0 Å². The van der Waals surface area contributed by atoms with Gasteiger partial charge in [0.15, 0.2) is 23.9 Å². The van der Waals surface area contributed by atoms with Crippen LogP contribution in [0, 0.1) is 0 Å². The molecule has 0 saturated heterocycles. The number of hydrogen-bond acceptors (Lipinski definition) is 7. The Morgan fingerprint density at radius 3 is 2.61 bits per heavy atom. The Morgan fingerprint density at radius 2 is 1.89 bits per heavy atom. The van der Waals surface area contributed by atoms with Crippen molar-refractivity contribution in [1.82, 2.24) is 0 Å². The van der Waals surface area contributed by atoms with Gasteiger partial charge in [0.25, 0.3) is 0 Å². The van der Waals surface area contributed by atoms with E-state index in [9.17, 15) is 9.59 Å². The third kappa shape index (κ3) is 4.09. The molecule has 2 aromatic carbocycles. The molecular formula is C21H20O7. The van der Waals surface area contributed by atoms with Gasteiger partial charge in [-0.15, -0.1) is 0 Å². The van der Waals surface area contributed by atoms with E-state index in [1.807, 2.05) is 0 Å². The number of rotatable bonds is 7. The van der Waals surface area contributed by atoms with Gasteiger partial charge in [0.05, 0.1) is 26.4 Å². The number of fused-ring (bicyclic) bond motifs is 1. The molecule has 1 aliphatic heterocycles. The van der Waals surface area contributed by atoms with Gasteiger partial charge in [0, 0.05) is 6.07 Å². The van der Waals surface area contributed by atoms with Gasteiger partial charge in [0.2, 0.25) is 5.78 Å². The van der Waals surface area contributed by atoms with Crippen LogP contribution in [-0.2, 0) is 9.53 Å². The lowest BCUT2D eigenvalue weighted by molar-refractivity contribution is -0.145. The lowest BCUT2D eigenvalue weighted by Crippen LogP contribution is -2.14. The first-order valence-corrected chi connectivity index (χ1v) is 8.64. The van der Waals surface area contributed by atoms with Gasteiger partial charge in [-0.05, 0) is 42.8 Å². The molecule has 3 rings (SSSR count). The van der Waals surface area contributed by atoms with E-state index in [0.29, 0.717) is 34.1 Å². The number of carbonyl (C=O) groups is 2. The molecule has 7 heteroatoms. The minimum absolute atomic E-state index is 0.200. The highest BCUT2D eigenvalue weighted by Crippen LogP contribution is 2.35. The zero-order valence-corrected chi connectivity index (χ0v) is 15.8. The second-order valence-corrected chi connectivity index (χ2v) is 5.81. The Balaban J connectivity index is 1.79. The number of carbonyl (C=O) groups excluding carboxylic acids is 2. The van der Waals surface area contributed by atoms with E-state index in [-0.39, 0.29) is 24.8 Å². The van der Waals surface area contributed by atoms with Crippen LogP contribution >= 0.6 is 0 Å². The molecule has 2 aromatic rings. The normalized spacial score (nSPS) is 13.7. The maximum absolute atomic E-state index is 12.5. The van der Waals surface area contributed by atoms with Gasteiger partial charge in [-0.3, -0.25) is 4.79 Å². The van der Waals surface area contributed by atoms with Gasteiger partial charge in [-0.2, -0.15) is 0 Å². The van der Waals surface area contributed by atoms with E-state index in [2.05, 4.69) is 0 Å². The highest BCUT2D eigenvalue weighted by molar-refractivity contribution is 6.14. The number of allylic oxidation sites excluding steroid dienone is 1. The SMILES string of the molecule is CCOC(=O)COc1ccc(/C=C2\Oc3cc(OC)ccc3C2=O)cc1OC. The zero-order valence-electron chi connectivity index (χ0n) is 15.8. The Hall–Kier alpha value is -3.48. The molecule has 0 spiro atoms. The number of Topliss-reactive ketones (excluding diaryl/α,β-unsaturated/α-hetero) is 1. The van der Waals surface area contributed by atoms with E-state index in [4.69, 9.17) is 23.7 Å². The van der Waals surface area contributed by atoms with Crippen molar-refractivity contribution in [3.05, 3.63) is 53.3 Å². The average molecular weight is 384 g/mol. The molecule has 146 valence electrons. The lowest BCUT2D eigenvalue weighted by atomic mass is 10.1. The van der Waals surface area contributed by atoms with Crippen LogP contribution in [0.1, 0.15) is 22.8 Å². The van der Waals surface area contributed by atoms with E-state index in [0.717, 1.165) is 0 Å². The average Bonchev–Trinajstić information content (AvgIpc) is 3.01. The van der Waals surface area contributed by atoms with E-state index >= 15 is 0 Å². The third-order valence-electron chi connectivity index (χ3n) is 4.01. The van der Waals surface area contributed by atoms with Crippen LogP contribution in [0.25, 0.3) is 6.08 Å². The molecule has 0 amide bonds.